The molecule has 2 bridgehead atoms. The molecule has 1 fully saturated rings. The summed E-state index contributed by atoms with van der Waals surface area (Å²) in [6, 6.07) is 0. The number of esters is 1. The number of ketones is 3. The summed E-state index contributed by atoms with van der Waals surface area (Å²) in [7, 11) is 0. The topological polar surface area (TPSA) is 86.7 Å². The van der Waals surface area contributed by atoms with Gasteiger partial charge in [0.05, 0.1) is 12.2 Å². The predicted octanol–water partition coefficient (Wildman–Crippen LogP) is 2.89. The van der Waals surface area contributed by atoms with Gasteiger partial charge in [0.1, 0.15) is 17.7 Å². The molecule has 0 amide bonds. The molecule has 3 unspecified atom stereocenters. The van der Waals surface area contributed by atoms with E-state index in [1.54, 1.807) is 19.9 Å². The van der Waals surface area contributed by atoms with E-state index < -0.39 is 17.7 Å². The Morgan fingerprint density at radius 3 is 2.59 bits per heavy atom. The maximum atomic E-state index is 12.6. The molecule has 2 heterocycles. The van der Waals surface area contributed by atoms with Crippen molar-refractivity contribution >= 4 is 23.3 Å². The van der Waals surface area contributed by atoms with Crippen LogP contribution in [-0.2, 0) is 28.7 Å². The maximum absolute atomic E-state index is 12.6. The van der Waals surface area contributed by atoms with Crippen LogP contribution >= 0.6 is 0 Å². The van der Waals surface area contributed by atoms with Crippen molar-refractivity contribution in [2.75, 3.05) is 6.61 Å². The lowest BCUT2D eigenvalue weighted by Crippen LogP contribution is -2.29. The van der Waals surface area contributed by atoms with Gasteiger partial charge in [-0.15, -0.1) is 0 Å². The molecule has 6 heteroatoms. The molecule has 2 aliphatic rings. The van der Waals surface area contributed by atoms with E-state index in [2.05, 4.69) is 6.58 Å². The molecule has 2 aliphatic heterocycles. The Balaban J connectivity index is 2.33. The Morgan fingerprint density at radius 1 is 1.26 bits per heavy atom. The van der Waals surface area contributed by atoms with E-state index in [1.165, 1.54) is 0 Å². The first-order valence-corrected chi connectivity index (χ1v) is 9.39. The van der Waals surface area contributed by atoms with Crippen LogP contribution in [0.4, 0.5) is 0 Å². The van der Waals surface area contributed by atoms with Crippen molar-refractivity contribution in [1.29, 1.82) is 0 Å². The summed E-state index contributed by atoms with van der Waals surface area (Å²) < 4.78 is 10.9. The Bertz CT molecular complexity index is 689. The number of hydrogen-bond acceptors (Lipinski definition) is 6. The monoisotopic (exact) mass is 376 g/mol. The second-order valence-corrected chi connectivity index (χ2v) is 7.77. The smallest absolute Gasteiger partial charge is 0.334 e. The Hall–Kier alpha value is -2.08. The molecular formula is C21H28O6. The fourth-order valence-corrected chi connectivity index (χ4v) is 3.64. The minimum Gasteiger partial charge on any atom is -0.463 e. The molecule has 0 aliphatic carbocycles. The highest BCUT2D eigenvalue weighted by Gasteiger charge is 2.44. The van der Waals surface area contributed by atoms with E-state index in [-0.39, 0.29) is 67.6 Å². The highest BCUT2D eigenvalue weighted by Crippen LogP contribution is 2.34. The molecular weight excluding hydrogens is 348 g/mol. The zero-order valence-electron chi connectivity index (χ0n) is 16.3. The maximum Gasteiger partial charge on any atom is 0.334 e. The summed E-state index contributed by atoms with van der Waals surface area (Å²) in [5, 5.41) is 0. The Kier molecular flexibility index (Phi) is 6.87. The molecule has 0 aromatic heterocycles. The van der Waals surface area contributed by atoms with E-state index in [0.717, 1.165) is 5.57 Å². The second kappa shape index (κ2) is 8.74. The second-order valence-electron chi connectivity index (χ2n) is 7.77. The summed E-state index contributed by atoms with van der Waals surface area (Å²) in [6.07, 6.45) is 1.59. The van der Waals surface area contributed by atoms with Crippen LogP contribution in [0.15, 0.2) is 23.8 Å². The predicted molar refractivity (Wildman–Crippen MR) is 99.0 cm³/mol. The molecule has 0 aromatic rings. The van der Waals surface area contributed by atoms with Gasteiger partial charge < -0.3 is 9.47 Å². The van der Waals surface area contributed by atoms with Crippen molar-refractivity contribution in [3.63, 3.8) is 0 Å². The molecule has 0 N–H and O–H groups in total. The third-order valence-electron chi connectivity index (χ3n) is 5.06. The van der Waals surface area contributed by atoms with Crippen molar-refractivity contribution in [3.05, 3.63) is 23.8 Å². The molecule has 0 spiro atoms. The van der Waals surface area contributed by atoms with Gasteiger partial charge in [0.25, 0.3) is 0 Å². The normalized spacial score (nSPS) is 30.0. The van der Waals surface area contributed by atoms with Crippen molar-refractivity contribution in [1.82, 2.24) is 0 Å². The van der Waals surface area contributed by atoms with Crippen LogP contribution in [0.3, 0.4) is 0 Å². The summed E-state index contributed by atoms with van der Waals surface area (Å²) in [5.74, 6) is -1.12. The Morgan fingerprint density at radius 2 is 1.96 bits per heavy atom. The molecule has 27 heavy (non-hydrogen) atoms. The largest absolute Gasteiger partial charge is 0.463 e. The number of rotatable bonds is 3. The van der Waals surface area contributed by atoms with Crippen LogP contribution in [0.2, 0.25) is 0 Å². The first-order valence-electron chi connectivity index (χ1n) is 9.39. The minimum absolute atomic E-state index is 0.0147. The zero-order chi connectivity index (χ0) is 20.2. The number of allylic oxidation sites excluding steroid dienone is 2. The SMILES string of the molecule is C=C(C)C1CC=C(C(=O)OCC)CC(=O)CC2(C)CC(=O)C(CC(=O)C1)O2. The van der Waals surface area contributed by atoms with Crippen LogP contribution in [0.25, 0.3) is 0 Å². The third kappa shape index (κ3) is 5.70. The highest BCUT2D eigenvalue weighted by molar-refractivity contribution is 5.97. The van der Waals surface area contributed by atoms with Crippen molar-refractivity contribution < 1.29 is 28.7 Å². The lowest BCUT2D eigenvalue weighted by molar-refractivity contribution is -0.140. The summed E-state index contributed by atoms with van der Waals surface area (Å²) in [5.41, 5.74) is 0.164. The lowest BCUT2D eigenvalue weighted by atomic mass is 9.87. The Labute approximate surface area is 160 Å². The molecule has 2 rings (SSSR count). The van der Waals surface area contributed by atoms with Gasteiger partial charge >= 0.3 is 5.97 Å². The fourth-order valence-electron chi connectivity index (χ4n) is 3.64. The number of ether oxygens (including phenoxy) is 2. The summed E-state index contributed by atoms with van der Waals surface area (Å²) >= 11 is 0. The van der Waals surface area contributed by atoms with E-state index in [1.807, 2.05) is 6.92 Å². The van der Waals surface area contributed by atoms with Gasteiger partial charge in [-0.2, -0.15) is 0 Å². The van der Waals surface area contributed by atoms with E-state index in [9.17, 15) is 19.2 Å². The van der Waals surface area contributed by atoms with Crippen LogP contribution in [0.5, 0.6) is 0 Å². The van der Waals surface area contributed by atoms with Gasteiger partial charge in [-0.3, -0.25) is 14.4 Å². The van der Waals surface area contributed by atoms with Gasteiger partial charge in [-0.05, 0) is 33.1 Å². The molecule has 148 valence electrons. The zero-order valence-corrected chi connectivity index (χ0v) is 16.3. The van der Waals surface area contributed by atoms with Crippen molar-refractivity contribution in [3.8, 4) is 0 Å². The number of carbonyl (C=O) groups excluding carboxylic acids is 4. The first kappa shape index (κ1) is 21.2. The molecule has 1 saturated heterocycles. The van der Waals surface area contributed by atoms with Crippen LogP contribution < -0.4 is 0 Å². The van der Waals surface area contributed by atoms with E-state index in [4.69, 9.17) is 9.47 Å². The first-order chi connectivity index (χ1) is 12.6. The van der Waals surface area contributed by atoms with Crippen LogP contribution in [0, 0.1) is 5.92 Å². The standard InChI is InChI=1S/C21H28O6/c1-5-26-20(25)15-7-6-14(13(2)3)8-16(22)10-19-18(24)12-21(4,27-19)11-17(23)9-15/h7,14,19H,2,5-6,8-12H2,1,3-4H3. The van der Waals surface area contributed by atoms with E-state index >= 15 is 0 Å². The van der Waals surface area contributed by atoms with Gasteiger partial charge in [0, 0.05) is 37.7 Å². The third-order valence-corrected chi connectivity index (χ3v) is 5.06. The number of fused-ring (bicyclic) bond motifs is 2. The molecule has 0 saturated carbocycles. The van der Waals surface area contributed by atoms with Gasteiger partial charge in [-0.25, -0.2) is 4.79 Å². The van der Waals surface area contributed by atoms with Crippen LogP contribution in [-0.4, -0.2) is 41.6 Å². The van der Waals surface area contributed by atoms with Gasteiger partial charge in [0.2, 0.25) is 0 Å². The van der Waals surface area contributed by atoms with Crippen molar-refractivity contribution in [2.24, 2.45) is 5.92 Å². The molecule has 0 radical (unpaired) electrons. The van der Waals surface area contributed by atoms with Gasteiger partial charge in [0.15, 0.2) is 5.78 Å². The van der Waals surface area contributed by atoms with Crippen molar-refractivity contribution in [2.45, 2.75) is 71.0 Å². The lowest BCUT2D eigenvalue weighted by Gasteiger charge is -2.23. The fraction of sp³-hybridized carbons (Fsp3) is 0.619. The summed E-state index contributed by atoms with van der Waals surface area (Å²) in [4.78, 5) is 49.5. The average Bonchev–Trinajstić information content (AvgIpc) is 2.82. The molecule has 3 atom stereocenters. The summed E-state index contributed by atoms with van der Waals surface area (Å²) in [6.45, 7) is 9.38. The number of carbonyl (C=O) groups is 4. The van der Waals surface area contributed by atoms with E-state index in [0.29, 0.717) is 6.42 Å². The average molecular weight is 376 g/mol. The van der Waals surface area contributed by atoms with Crippen LogP contribution in [0.1, 0.15) is 59.3 Å². The quantitative estimate of drug-likeness (QED) is 0.556. The number of hydrogen-bond donors (Lipinski definition) is 0. The minimum atomic E-state index is -0.930. The molecule has 6 nitrogen and oxygen atoms in total. The highest BCUT2D eigenvalue weighted by atomic mass is 16.5. The van der Waals surface area contributed by atoms with Gasteiger partial charge in [-0.1, -0.05) is 18.2 Å². The molecule has 0 aromatic carbocycles. The number of Topliss-reactive ketones (excluding diaryl/α,β-unsaturated/α-hetero) is 3.